The molecule has 3 rings (SSSR count). The number of likely N-dealkylation sites (N-methyl/N-ethyl adjacent to an activating group) is 1. The average Bonchev–Trinajstić information content (AvgIpc) is 2.91. The average molecular weight is 331 g/mol. The molecule has 4 nitrogen and oxygen atoms in total. The predicted molar refractivity (Wildman–Crippen MR) is 96.9 cm³/mol. The lowest BCUT2D eigenvalue weighted by Crippen LogP contribution is -2.41. The molecule has 1 amide bonds. The molecule has 1 aromatic heterocycles. The fourth-order valence-corrected chi connectivity index (χ4v) is 3.95. The minimum absolute atomic E-state index is 0.0605. The summed E-state index contributed by atoms with van der Waals surface area (Å²) in [7, 11) is 3.95. The first kappa shape index (κ1) is 16.2. The van der Waals surface area contributed by atoms with Crippen molar-refractivity contribution in [2.75, 3.05) is 7.05 Å². The lowest BCUT2D eigenvalue weighted by atomic mass is 9.94. The number of aromatic nitrogens is 1. The molecule has 2 heterocycles. The molecule has 0 spiro atoms. The number of rotatable bonds is 2. The topological polar surface area (TPSA) is 28.5 Å². The van der Waals surface area contributed by atoms with Gasteiger partial charge in [-0.2, -0.15) is 0 Å². The van der Waals surface area contributed by atoms with Crippen molar-refractivity contribution in [3.63, 3.8) is 0 Å². The van der Waals surface area contributed by atoms with E-state index in [4.69, 9.17) is 12.2 Å². The second-order valence-electron chi connectivity index (χ2n) is 6.72. The van der Waals surface area contributed by atoms with E-state index in [1.54, 1.807) is 0 Å². The highest BCUT2D eigenvalue weighted by Crippen LogP contribution is 2.31. The van der Waals surface area contributed by atoms with Crippen molar-refractivity contribution < 1.29 is 4.79 Å². The Morgan fingerprint density at radius 2 is 1.83 bits per heavy atom. The minimum Gasteiger partial charge on any atom is -0.352 e. The first-order valence-corrected chi connectivity index (χ1v) is 8.78. The van der Waals surface area contributed by atoms with Crippen molar-refractivity contribution in [2.24, 2.45) is 7.05 Å². The van der Waals surface area contributed by atoms with Crippen molar-refractivity contribution in [2.45, 2.75) is 52.0 Å². The number of hydrogen-bond acceptors (Lipinski definition) is 2. The number of hydrogen-bond donors (Lipinski definition) is 0. The molecule has 0 aromatic carbocycles. The Bertz CT molecular complexity index is 683. The molecule has 2 fully saturated rings. The van der Waals surface area contributed by atoms with E-state index in [0.717, 1.165) is 18.4 Å². The molecule has 0 atom stereocenters. The van der Waals surface area contributed by atoms with Gasteiger partial charge < -0.3 is 9.47 Å². The van der Waals surface area contributed by atoms with Crippen LogP contribution in [0.25, 0.3) is 6.08 Å². The highest BCUT2D eigenvalue weighted by molar-refractivity contribution is 7.80. The van der Waals surface area contributed by atoms with Gasteiger partial charge in [0.2, 0.25) is 0 Å². The fraction of sp³-hybridized carbons (Fsp3) is 0.556. The van der Waals surface area contributed by atoms with Crippen LogP contribution in [0, 0.1) is 13.8 Å². The van der Waals surface area contributed by atoms with Gasteiger partial charge in [-0.15, -0.1) is 0 Å². The van der Waals surface area contributed by atoms with Gasteiger partial charge in [0.25, 0.3) is 5.91 Å². The Kier molecular flexibility index (Phi) is 4.32. The number of carbonyl (C=O) groups is 1. The first-order chi connectivity index (χ1) is 10.9. The van der Waals surface area contributed by atoms with Gasteiger partial charge in [-0.05, 0) is 56.6 Å². The van der Waals surface area contributed by atoms with Crippen molar-refractivity contribution in [1.82, 2.24) is 14.4 Å². The Morgan fingerprint density at radius 1 is 1.17 bits per heavy atom. The van der Waals surface area contributed by atoms with Crippen LogP contribution in [0.15, 0.2) is 11.8 Å². The second kappa shape index (κ2) is 6.11. The van der Waals surface area contributed by atoms with Gasteiger partial charge in [0.15, 0.2) is 5.11 Å². The smallest absolute Gasteiger partial charge is 0.277 e. The van der Waals surface area contributed by atoms with E-state index in [-0.39, 0.29) is 11.9 Å². The molecule has 1 saturated heterocycles. The maximum absolute atomic E-state index is 13.0. The monoisotopic (exact) mass is 331 g/mol. The van der Waals surface area contributed by atoms with Gasteiger partial charge in [0.1, 0.15) is 5.70 Å². The molecule has 5 heteroatoms. The van der Waals surface area contributed by atoms with Gasteiger partial charge in [-0.25, -0.2) is 0 Å². The van der Waals surface area contributed by atoms with Crippen LogP contribution in [0.3, 0.4) is 0 Å². The molecule has 124 valence electrons. The SMILES string of the molecule is Cc1cc(/C=C2/C(=O)N(C3CCCCC3)C(=S)N2C)c(C)n1C. The van der Waals surface area contributed by atoms with E-state index in [9.17, 15) is 4.79 Å². The Labute approximate surface area is 143 Å². The molecule has 1 aliphatic heterocycles. The van der Waals surface area contributed by atoms with Crippen LogP contribution in [0.4, 0.5) is 0 Å². The molecule has 0 unspecified atom stereocenters. The highest BCUT2D eigenvalue weighted by atomic mass is 32.1. The van der Waals surface area contributed by atoms with E-state index in [0.29, 0.717) is 10.8 Å². The van der Waals surface area contributed by atoms with E-state index >= 15 is 0 Å². The third-order valence-corrected chi connectivity index (χ3v) is 5.81. The molecule has 1 aliphatic carbocycles. The van der Waals surface area contributed by atoms with Gasteiger partial charge in [-0.1, -0.05) is 19.3 Å². The molecule has 0 radical (unpaired) electrons. The van der Waals surface area contributed by atoms with E-state index in [2.05, 4.69) is 24.5 Å². The number of carbonyl (C=O) groups excluding carboxylic acids is 1. The zero-order chi connectivity index (χ0) is 16.7. The lowest BCUT2D eigenvalue weighted by molar-refractivity contribution is -0.124. The first-order valence-electron chi connectivity index (χ1n) is 8.37. The lowest BCUT2D eigenvalue weighted by Gasteiger charge is -2.30. The van der Waals surface area contributed by atoms with Crippen molar-refractivity contribution in [1.29, 1.82) is 0 Å². The molecule has 1 aromatic rings. The van der Waals surface area contributed by atoms with E-state index < -0.39 is 0 Å². The van der Waals surface area contributed by atoms with Crippen LogP contribution in [0.1, 0.15) is 49.1 Å². The van der Waals surface area contributed by atoms with Crippen molar-refractivity contribution in [3.05, 3.63) is 28.7 Å². The van der Waals surface area contributed by atoms with Gasteiger partial charge >= 0.3 is 0 Å². The third-order valence-electron chi connectivity index (χ3n) is 5.34. The van der Waals surface area contributed by atoms with Crippen molar-refractivity contribution >= 4 is 29.3 Å². The molecule has 1 saturated carbocycles. The van der Waals surface area contributed by atoms with Crippen LogP contribution < -0.4 is 0 Å². The summed E-state index contributed by atoms with van der Waals surface area (Å²) in [5, 5.41) is 0.651. The summed E-state index contributed by atoms with van der Waals surface area (Å²) in [6, 6.07) is 2.39. The van der Waals surface area contributed by atoms with E-state index in [1.807, 2.05) is 30.0 Å². The van der Waals surface area contributed by atoms with E-state index in [1.165, 1.54) is 30.7 Å². The normalized spacial score (nSPS) is 21.8. The zero-order valence-electron chi connectivity index (χ0n) is 14.4. The van der Waals surface area contributed by atoms with Gasteiger partial charge in [0.05, 0.1) is 0 Å². The number of thiocarbonyl (C=S) groups is 1. The Morgan fingerprint density at radius 3 is 2.39 bits per heavy atom. The largest absolute Gasteiger partial charge is 0.352 e. The summed E-state index contributed by atoms with van der Waals surface area (Å²) >= 11 is 5.56. The summed E-state index contributed by atoms with van der Waals surface area (Å²) in [6.45, 7) is 4.16. The molecule has 0 N–H and O–H groups in total. The van der Waals surface area contributed by atoms with Crippen LogP contribution in [-0.2, 0) is 11.8 Å². The van der Waals surface area contributed by atoms with Crippen LogP contribution in [-0.4, -0.2) is 38.5 Å². The minimum atomic E-state index is 0.0605. The highest BCUT2D eigenvalue weighted by Gasteiger charge is 2.40. The number of aryl methyl sites for hydroxylation is 1. The maximum Gasteiger partial charge on any atom is 0.277 e. The fourth-order valence-electron chi connectivity index (χ4n) is 3.62. The molecular weight excluding hydrogens is 306 g/mol. The summed E-state index contributed by atoms with van der Waals surface area (Å²) in [5.41, 5.74) is 4.13. The van der Waals surface area contributed by atoms with Crippen LogP contribution in [0.2, 0.25) is 0 Å². The molecule has 23 heavy (non-hydrogen) atoms. The molecular formula is C18H25N3OS. The van der Waals surface area contributed by atoms with Gasteiger partial charge in [0, 0.05) is 31.5 Å². The van der Waals surface area contributed by atoms with Crippen LogP contribution >= 0.6 is 12.2 Å². The summed E-state index contributed by atoms with van der Waals surface area (Å²) in [4.78, 5) is 16.7. The molecule has 2 aliphatic rings. The predicted octanol–water partition coefficient (Wildman–Crippen LogP) is 3.37. The summed E-state index contributed by atoms with van der Waals surface area (Å²) in [6.07, 6.45) is 7.77. The van der Waals surface area contributed by atoms with Crippen molar-refractivity contribution in [3.8, 4) is 0 Å². The number of nitrogens with zero attached hydrogens (tertiary/aromatic N) is 3. The van der Waals surface area contributed by atoms with Gasteiger partial charge in [-0.3, -0.25) is 9.69 Å². The maximum atomic E-state index is 13.0. The summed E-state index contributed by atoms with van der Waals surface area (Å²) in [5.74, 6) is 0.0605. The second-order valence-corrected chi connectivity index (χ2v) is 7.09. The van der Waals surface area contributed by atoms with Crippen LogP contribution in [0.5, 0.6) is 0 Å². The standard InChI is InChI=1S/C18H25N3OS/c1-12-10-14(13(2)19(12)3)11-16-17(22)21(18(23)20(16)4)15-8-6-5-7-9-15/h10-11,15H,5-9H2,1-4H3/b16-11-. The third kappa shape index (κ3) is 2.71. The molecule has 0 bridgehead atoms. The Hall–Kier alpha value is -1.62. The zero-order valence-corrected chi connectivity index (χ0v) is 15.2. The Balaban J connectivity index is 1.93. The summed E-state index contributed by atoms with van der Waals surface area (Å²) < 4.78 is 2.14. The quantitative estimate of drug-likeness (QED) is 0.614. The number of amides is 1.